The molecule has 0 aromatic heterocycles. The minimum absolute atomic E-state index is 0.174. The van der Waals surface area contributed by atoms with E-state index in [1.54, 1.807) is 6.07 Å². The van der Waals surface area contributed by atoms with Gasteiger partial charge in [0.25, 0.3) is 0 Å². The van der Waals surface area contributed by atoms with E-state index in [2.05, 4.69) is 42.0 Å². The molecular formula is C15H21BrFN. The second-order valence-corrected chi connectivity index (χ2v) is 5.63. The van der Waals surface area contributed by atoms with Gasteiger partial charge in [-0.1, -0.05) is 48.4 Å². The summed E-state index contributed by atoms with van der Waals surface area (Å²) in [5.74, 6) is 0.236. The lowest BCUT2D eigenvalue weighted by molar-refractivity contribution is 0.622. The van der Waals surface area contributed by atoms with Crippen LogP contribution in [0.4, 0.5) is 4.39 Å². The average Bonchev–Trinajstić information content (AvgIpc) is 2.32. The van der Waals surface area contributed by atoms with Crippen molar-refractivity contribution in [3.05, 3.63) is 39.6 Å². The Hall–Kier alpha value is -0.670. The number of hydrogen-bond acceptors (Lipinski definition) is 1. The fraction of sp³-hybridized carbons (Fsp3) is 0.467. The van der Waals surface area contributed by atoms with Gasteiger partial charge in [-0.3, -0.25) is 0 Å². The van der Waals surface area contributed by atoms with E-state index in [0.717, 1.165) is 24.0 Å². The second-order valence-electron chi connectivity index (χ2n) is 4.72. The van der Waals surface area contributed by atoms with E-state index in [9.17, 15) is 4.39 Å². The topological polar surface area (TPSA) is 12.0 Å². The Morgan fingerprint density at radius 1 is 1.44 bits per heavy atom. The van der Waals surface area contributed by atoms with Gasteiger partial charge in [0.2, 0.25) is 0 Å². The van der Waals surface area contributed by atoms with Gasteiger partial charge in [0.05, 0.1) is 0 Å². The van der Waals surface area contributed by atoms with Gasteiger partial charge in [0.1, 0.15) is 5.82 Å². The molecule has 0 aliphatic rings. The molecule has 0 spiro atoms. The van der Waals surface area contributed by atoms with Gasteiger partial charge in [0.15, 0.2) is 0 Å². The molecule has 0 saturated heterocycles. The number of benzene rings is 1. The minimum Gasteiger partial charge on any atom is -0.313 e. The zero-order chi connectivity index (χ0) is 13.5. The smallest absolute Gasteiger partial charge is 0.130 e. The number of nitrogens with one attached hydrogen (secondary N) is 1. The minimum atomic E-state index is -0.174. The molecule has 0 saturated carbocycles. The van der Waals surface area contributed by atoms with Crippen LogP contribution in [0.25, 0.3) is 6.08 Å². The lowest BCUT2D eigenvalue weighted by Gasteiger charge is -2.13. The average molecular weight is 314 g/mol. The van der Waals surface area contributed by atoms with Crippen molar-refractivity contribution < 1.29 is 4.39 Å². The van der Waals surface area contributed by atoms with Crippen LogP contribution in [0.2, 0.25) is 0 Å². The lowest BCUT2D eigenvalue weighted by Crippen LogP contribution is -2.20. The van der Waals surface area contributed by atoms with E-state index in [4.69, 9.17) is 0 Å². The van der Waals surface area contributed by atoms with Gasteiger partial charge in [-0.05, 0) is 37.1 Å². The van der Waals surface area contributed by atoms with Crippen molar-refractivity contribution in [3.63, 3.8) is 0 Å². The van der Waals surface area contributed by atoms with Crippen LogP contribution in [-0.2, 0) is 0 Å². The van der Waals surface area contributed by atoms with Crippen LogP contribution < -0.4 is 5.32 Å². The van der Waals surface area contributed by atoms with Gasteiger partial charge >= 0.3 is 0 Å². The zero-order valence-corrected chi connectivity index (χ0v) is 12.8. The molecule has 18 heavy (non-hydrogen) atoms. The maximum absolute atomic E-state index is 13.7. The number of hydrogen-bond donors (Lipinski definition) is 1. The lowest BCUT2D eigenvalue weighted by atomic mass is 10.00. The molecule has 0 amide bonds. The molecule has 0 unspecified atom stereocenters. The summed E-state index contributed by atoms with van der Waals surface area (Å²) in [4.78, 5) is 0. The molecule has 100 valence electrons. The van der Waals surface area contributed by atoms with Crippen LogP contribution in [0.5, 0.6) is 0 Å². The first-order valence-corrected chi connectivity index (χ1v) is 7.20. The molecule has 0 aliphatic heterocycles. The largest absolute Gasteiger partial charge is 0.313 e. The second kappa shape index (κ2) is 7.70. The molecule has 0 heterocycles. The van der Waals surface area contributed by atoms with E-state index in [-0.39, 0.29) is 5.82 Å². The molecular weight excluding hydrogens is 293 g/mol. The third-order valence-electron chi connectivity index (χ3n) is 2.80. The van der Waals surface area contributed by atoms with Gasteiger partial charge in [0, 0.05) is 16.6 Å². The Labute approximate surface area is 118 Å². The van der Waals surface area contributed by atoms with Crippen molar-refractivity contribution in [3.8, 4) is 0 Å². The molecule has 1 nitrogen and oxygen atoms in total. The summed E-state index contributed by atoms with van der Waals surface area (Å²) in [6.45, 7) is 8.22. The molecule has 1 aromatic rings. The van der Waals surface area contributed by atoms with E-state index in [0.29, 0.717) is 11.5 Å². The van der Waals surface area contributed by atoms with E-state index in [1.165, 1.54) is 11.6 Å². The Morgan fingerprint density at radius 3 is 2.78 bits per heavy atom. The standard InChI is InChI=1S/C15H21BrFN/c1-4-7-18-10-13(11(2)3)8-12-9-14(16)5-6-15(12)17/h5-6,8-9,11,18H,4,7,10H2,1-3H3. The molecule has 0 aliphatic carbocycles. The number of rotatable bonds is 6. The monoisotopic (exact) mass is 313 g/mol. The summed E-state index contributed by atoms with van der Waals surface area (Å²) in [5.41, 5.74) is 1.87. The van der Waals surface area contributed by atoms with Crippen LogP contribution in [0.3, 0.4) is 0 Å². The van der Waals surface area contributed by atoms with E-state index < -0.39 is 0 Å². The molecule has 0 atom stereocenters. The summed E-state index contributed by atoms with van der Waals surface area (Å²) in [6, 6.07) is 5.03. The molecule has 3 heteroatoms. The van der Waals surface area contributed by atoms with Crippen molar-refractivity contribution >= 4 is 22.0 Å². The molecule has 1 N–H and O–H groups in total. The van der Waals surface area contributed by atoms with Crippen molar-refractivity contribution in [1.29, 1.82) is 0 Å². The molecule has 0 radical (unpaired) electrons. The van der Waals surface area contributed by atoms with E-state index >= 15 is 0 Å². The van der Waals surface area contributed by atoms with Gasteiger partial charge in [-0.2, -0.15) is 0 Å². The highest BCUT2D eigenvalue weighted by Gasteiger charge is 2.06. The maximum atomic E-state index is 13.7. The van der Waals surface area contributed by atoms with Crippen LogP contribution in [0.15, 0.2) is 28.2 Å². The van der Waals surface area contributed by atoms with Crippen molar-refractivity contribution in [2.45, 2.75) is 27.2 Å². The summed E-state index contributed by atoms with van der Waals surface area (Å²) in [7, 11) is 0. The fourth-order valence-corrected chi connectivity index (χ4v) is 2.04. The van der Waals surface area contributed by atoms with Gasteiger partial charge < -0.3 is 5.32 Å². The van der Waals surface area contributed by atoms with Crippen molar-refractivity contribution in [2.75, 3.05) is 13.1 Å². The molecule has 1 rings (SSSR count). The predicted molar refractivity (Wildman–Crippen MR) is 80.1 cm³/mol. The number of halogens is 2. The fourth-order valence-electron chi connectivity index (χ4n) is 1.66. The third-order valence-corrected chi connectivity index (χ3v) is 3.29. The third kappa shape index (κ3) is 4.91. The van der Waals surface area contributed by atoms with E-state index in [1.807, 2.05) is 12.1 Å². The van der Waals surface area contributed by atoms with Crippen LogP contribution in [0, 0.1) is 11.7 Å². The Balaban J connectivity index is 2.89. The first-order valence-electron chi connectivity index (χ1n) is 6.40. The normalized spacial score (nSPS) is 12.2. The summed E-state index contributed by atoms with van der Waals surface area (Å²) in [6.07, 6.45) is 3.06. The molecule has 1 aromatic carbocycles. The first-order chi connectivity index (χ1) is 8.54. The summed E-state index contributed by atoms with van der Waals surface area (Å²) >= 11 is 3.38. The highest BCUT2D eigenvalue weighted by Crippen LogP contribution is 2.20. The summed E-state index contributed by atoms with van der Waals surface area (Å²) in [5, 5.41) is 3.37. The van der Waals surface area contributed by atoms with Crippen molar-refractivity contribution in [1.82, 2.24) is 5.32 Å². The van der Waals surface area contributed by atoms with Gasteiger partial charge in [-0.25, -0.2) is 4.39 Å². The highest BCUT2D eigenvalue weighted by molar-refractivity contribution is 9.10. The predicted octanol–water partition coefficient (Wildman–Crippen LogP) is 4.63. The zero-order valence-electron chi connectivity index (χ0n) is 11.3. The molecule has 0 fully saturated rings. The quantitative estimate of drug-likeness (QED) is 0.755. The van der Waals surface area contributed by atoms with Crippen LogP contribution >= 0.6 is 15.9 Å². The van der Waals surface area contributed by atoms with Crippen LogP contribution in [0.1, 0.15) is 32.8 Å². The van der Waals surface area contributed by atoms with Gasteiger partial charge in [-0.15, -0.1) is 0 Å². The highest BCUT2D eigenvalue weighted by atomic mass is 79.9. The SMILES string of the molecule is CCCNCC(=Cc1cc(Br)ccc1F)C(C)C. The molecule has 0 bridgehead atoms. The van der Waals surface area contributed by atoms with Crippen LogP contribution in [-0.4, -0.2) is 13.1 Å². The Morgan fingerprint density at radius 2 is 2.17 bits per heavy atom. The van der Waals surface area contributed by atoms with Crippen molar-refractivity contribution in [2.24, 2.45) is 5.92 Å². The Kier molecular flexibility index (Phi) is 6.58. The Bertz CT molecular complexity index is 413. The maximum Gasteiger partial charge on any atom is 0.130 e. The first kappa shape index (κ1) is 15.4. The summed E-state index contributed by atoms with van der Waals surface area (Å²) < 4.78 is 14.6.